The molecule has 1 nitrogen and oxygen atoms in total. The van der Waals surface area contributed by atoms with Crippen LogP contribution in [0.4, 0.5) is 0 Å². The van der Waals surface area contributed by atoms with Crippen molar-refractivity contribution in [2.24, 2.45) is 0 Å². The van der Waals surface area contributed by atoms with Crippen molar-refractivity contribution in [2.75, 3.05) is 0 Å². The molecule has 0 aromatic heterocycles. The molecule has 40 valence electrons. The van der Waals surface area contributed by atoms with Crippen LogP contribution in [0.5, 0.6) is 0 Å². The van der Waals surface area contributed by atoms with Crippen molar-refractivity contribution in [1.29, 1.82) is 0 Å². The van der Waals surface area contributed by atoms with Gasteiger partial charge in [0.15, 0.2) is 0 Å². The van der Waals surface area contributed by atoms with Gasteiger partial charge in [-0.25, -0.2) is 0 Å². The molecular weight excluding hydrogens is 90.0 g/mol. The van der Waals surface area contributed by atoms with E-state index in [1.807, 2.05) is 0 Å². The van der Waals surface area contributed by atoms with Crippen molar-refractivity contribution < 1.29 is 39.2 Å². The van der Waals surface area contributed by atoms with Crippen LogP contribution < -0.4 is 6.15 Å². The molecule has 3 N–H and O–H groups in total. The quantitative estimate of drug-likeness (QED) is 0.504. The topological polar surface area (TPSA) is 35.0 Å². The van der Waals surface area contributed by atoms with E-state index in [4.69, 9.17) is 0 Å². The third kappa shape index (κ3) is 36.4. The molecule has 0 radical (unpaired) electrons. The molecule has 5 heavy (non-hydrogen) atoms. The van der Waals surface area contributed by atoms with Crippen LogP contribution in [-0.2, 0) is 0 Å². The van der Waals surface area contributed by atoms with Crippen LogP contribution in [0.1, 0.15) is 23.7 Å². The predicted molar refractivity (Wildman–Crippen MR) is 26.3 cm³/mol. The first-order chi connectivity index (χ1) is 0. The second-order valence-corrected chi connectivity index (χ2v) is 0. The summed E-state index contributed by atoms with van der Waals surface area (Å²) in [6, 6.07) is 0. The van der Waals surface area contributed by atoms with E-state index >= 15 is 0 Å². The third-order valence-electron chi connectivity index (χ3n) is 0. The summed E-state index contributed by atoms with van der Waals surface area (Å²) in [4.78, 5) is 0. The van der Waals surface area contributed by atoms with E-state index in [2.05, 4.69) is 0 Å². The molecular formula is C3H16ArN+. The normalized spacial score (nSPS) is 0. The molecule has 0 amide bonds. The Bertz CT molecular complexity index is 10.8. The van der Waals surface area contributed by atoms with Crippen molar-refractivity contribution in [2.45, 2.75) is 22.3 Å². The summed E-state index contributed by atoms with van der Waals surface area (Å²) in [6.45, 7) is 0. The predicted octanol–water partition coefficient (Wildman–Crippen LogP) is 2.18. The van der Waals surface area contributed by atoms with Crippen molar-refractivity contribution in [3.63, 3.8) is 0 Å². The summed E-state index contributed by atoms with van der Waals surface area (Å²) in [5.74, 6) is 0. The largest absolute Gasteiger partial charge is 1.00 e. The Balaban J connectivity index is 0. The molecule has 0 fully saturated rings. The van der Waals surface area contributed by atoms with Crippen LogP contribution in [-0.4, -0.2) is 0 Å². The summed E-state index contributed by atoms with van der Waals surface area (Å²) in [5, 5.41) is 0. The van der Waals surface area contributed by atoms with Crippen molar-refractivity contribution in [1.82, 2.24) is 6.15 Å². The standard InChI is InChI=1S/3CH4.Ar.H3N/h3*1H4;;1H3/p+1. The zero-order chi connectivity index (χ0) is 0. The smallest absolute Gasteiger partial charge is 0.344 e. The van der Waals surface area contributed by atoms with Gasteiger partial charge in [-0.2, -0.15) is 0 Å². The van der Waals surface area contributed by atoms with Gasteiger partial charge in [0.1, 0.15) is 0 Å². The molecule has 0 aliphatic heterocycles. The van der Waals surface area contributed by atoms with Crippen LogP contribution in [0, 0.1) is 37.7 Å². The Morgan fingerprint density at radius 3 is 0.800 bits per heavy atom. The molecule has 2 heteroatoms. The first-order valence-corrected chi connectivity index (χ1v) is 0. The minimum Gasteiger partial charge on any atom is -0.344 e. The molecule has 0 saturated heterocycles. The zero-order valence-electron chi connectivity index (χ0n) is 2.06. The van der Waals surface area contributed by atoms with Gasteiger partial charge in [0, 0.05) is 37.7 Å². The maximum Gasteiger partial charge on any atom is 1.00 e. The van der Waals surface area contributed by atoms with E-state index in [1.54, 1.807) is 0 Å². The van der Waals surface area contributed by atoms with Crippen molar-refractivity contribution in [3.8, 4) is 0 Å². The summed E-state index contributed by atoms with van der Waals surface area (Å²) in [6.07, 6.45) is 0. The SMILES string of the molecule is C.C.C.N.[Ar].[H+]. The fraction of sp³-hybridized carbons (Fsp3) is 1.00. The summed E-state index contributed by atoms with van der Waals surface area (Å²) in [7, 11) is 0. The Morgan fingerprint density at radius 2 is 0.800 bits per heavy atom. The fourth-order valence-corrected chi connectivity index (χ4v) is 0. The summed E-state index contributed by atoms with van der Waals surface area (Å²) in [5.41, 5.74) is 0. The van der Waals surface area contributed by atoms with Crippen LogP contribution in [0.25, 0.3) is 0 Å². The number of hydrogen-bond donors (Lipinski definition) is 1. The van der Waals surface area contributed by atoms with Gasteiger partial charge in [0.05, 0.1) is 0 Å². The zero-order valence-corrected chi connectivity index (χ0v) is 1.77. The van der Waals surface area contributed by atoms with Crippen LogP contribution in [0.2, 0.25) is 0 Å². The van der Waals surface area contributed by atoms with E-state index in [0.29, 0.717) is 0 Å². The second-order valence-electron chi connectivity index (χ2n) is 0. The molecule has 0 aromatic rings. The Hall–Kier alpha value is 1.22. The average molecular weight is 106 g/mol. The average Bonchev–Trinajstić information content (AvgIpc) is 0. The third-order valence-corrected chi connectivity index (χ3v) is 0. The Labute approximate surface area is 67.2 Å². The monoisotopic (exact) mass is 106 g/mol. The van der Waals surface area contributed by atoms with E-state index in [0.717, 1.165) is 0 Å². The van der Waals surface area contributed by atoms with Gasteiger partial charge in [-0.1, -0.05) is 22.3 Å². The van der Waals surface area contributed by atoms with Gasteiger partial charge in [-0.05, 0) is 0 Å². The van der Waals surface area contributed by atoms with Crippen LogP contribution in [0.3, 0.4) is 0 Å². The summed E-state index contributed by atoms with van der Waals surface area (Å²) >= 11 is 0. The molecule has 0 aliphatic rings. The van der Waals surface area contributed by atoms with E-state index < -0.39 is 0 Å². The van der Waals surface area contributed by atoms with Crippen molar-refractivity contribution >= 4 is 0 Å². The minimum atomic E-state index is 0. The summed E-state index contributed by atoms with van der Waals surface area (Å²) < 4.78 is 0. The van der Waals surface area contributed by atoms with Crippen LogP contribution in [0.15, 0.2) is 0 Å². The second kappa shape index (κ2) is 62.5. The van der Waals surface area contributed by atoms with Gasteiger partial charge in [0.25, 0.3) is 0 Å². The number of rotatable bonds is 0. The first-order valence-electron chi connectivity index (χ1n) is 0. The van der Waals surface area contributed by atoms with Crippen LogP contribution >= 0.6 is 0 Å². The molecule has 0 aliphatic carbocycles. The molecule has 0 unspecified atom stereocenters. The van der Waals surface area contributed by atoms with E-state index in [9.17, 15) is 0 Å². The van der Waals surface area contributed by atoms with Gasteiger partial charge in [-0.15, -0.1) is 0 Å². The Kier molecular flexibility index (Phi) is 1420. The minimum absolute atomic E-state index is 0. The van der Waals surface area contributed by atoms with E-state index in [-0.39, 0.29) is 67.6 Å². The molecule has 0 aromatic carbocycles. The van der Waals surface area contributed by atoms with Gasteiger partial charge < -0.3 is 6.15 Å². The molecule has 0 atom stereocenters. The Morgan fingerprint density at radius 1 is 0.800 bits per heavy atom. The molecule has 0 saturated carbocycles. The molecule has 0 heterocycles. The van der Waals surface area contributed by atoms with Crippen molar-refractivity contribution in [3.05, 3.63) is 0 Å². The number of hydrogen-bond acceptors (Lipinski definition) is 1. The van der Waals surface area contributed by atoms with Gasteiger partial charge >= 0.3 is 1.43 Å². The maximum atomic E-state index is 0. The van der Waals surface area contributed by atoms with E-state index in [1.165, 1.54) is 0 Å². The fourth-order valence-electron chi connectivity index (χ4n) is 0. The first kappa shape index (κ1) is 114. The van der Waals surface area contributed by atoms with Gasteiger partial charge in [0.2, 0.25) is 0 Å². The molecule has 0 spiro atoms. The molecule has 0 bridgehead atoms. The molecule has 0 rings (SSSR count). The van der Waals surface area contributed by atoms with Gasteiger partial charge in [-0.3, -0.25) is 0 Å². The maximum absolute atomic E-state index is 0.